The molecule has 2 nitrogen and oxygen atoms in total. The van der Waals surface area contributed by atoms with E-state index in [4.69, 9.17) is 23.2 Å². The van der Waals surface area contributed by atoms with Crippen molar-refractivity contribution in [2.24, 2.45) is 5.92 Å². The predicted molar refractivity (Wildman–Crippen MR) is 77.9 cm³/mol. The van der Waals surface area contributed by atoms with Crippen molar-refractivity contribution < 1.29 is 4.79 Å². The molecule has 0 spiro atoms. The van der Waals surface area contributed by atoms with E-state index in [1.54, 1.807) is 18.2 Å². The molecule has 0 aliphatic rings. The number of carbonyl (C=O) groups excluding carboxylic acids is 1. The maximum absolute atomic E-state index is 11.6. The summed E-state index contributed by atoms with van der Waals surface area (Å²) in [7, 11) is 0. The van der Waals surface area contributed by atoms with Crippen LogP contribution < -0.4 is 5.32 Å². The number of carbonyl (C=O) groups is 1. The van der Waals surface area contributed by atoms with Gasteiger partial charge >= 0.3 is 0 Å². The smallest absolute Gasteiger partial charge is 0.244 e. The summed E-state index contributed by atoms with van der Waals surface area (Å²) in [6, 6.07) is 5.39. The van der Waals surface area contributed by atoms with Gasteiger partial charge in [0.15, 0.2) is 0 Å². The van der Waals surface area contributed by atoms with E-state index >= 15 is 0 Å². The number of benzene rings is 1. The highest BCUT2D eigenvalue weighted by molar-refractivity contribution is 6.42. The van der Waals surface area contributed by atoms with E-state index in [9.17, 15) is 4.79 Å². The van der Waals surface area contributed by atoms with Crippen molar-refractivity contribution in [2.75, 3.05) is 0 Å². The van der Waals surface area contributed by atoms with E-state index < -0.39 is 0 Å². The summed E-state index contributed by atoms with van der Waals surface area (Å²) in [4.78, 5) is 11.6. The Bertz CT molecular complexity index is 455. The third-order valence-electron chi connectivity index (χ3n) is 2.74. The Morgan fingerprint density at radius 2 is 1.89 bits per heavy atom. The maximum Gasteiger partial charge on any atom is 0.244 e. The molecular weight excluding hydrogens is 269 g/mol. The highest BCUT2D eigenvalue weighted by atomic mass is 35.5. The Morgan fingerprint density at radius 1 is 1.22 bits per heavy atom. The van der Waals surface area contributed by atoms with E-state index in [0.29, 0.717) is 16.0 Å². The average molecular weight is 286 g/mol. The molecule has 0 heterocycles. The minimum atomic E-state index is -0.109. The lowest BCUT2D eigenvalue weighted by atomic mass is 10.1. The second kappa shape index (κ2) is 6.81. The molecule has 0 radical (unpaired) electrons. The fourth-order valence-corrected chi connectivity index (χ4v) is 1.53. The zero-order valence-corrected chi connectivity index (χ0v) is 12.2. The van der Waals surface area contributed by atoms with Crippen LogP contribution >= 0.6 is 23.2 Å². The molecule has 1 aromatic rings. The van der Waals surface area contributed by atoms with Gasteiger partial charge in [-0.15, -0.1) is 0 Å². The van der Waals surface area contributed by atoms with E-state index in [1.807, 2.05) is 13.0 Å². The number of halogens is 2. The topological polar surface area (TPSA) is 29.1 Å². The Kier molecular flexibility index (Phi) is 5.70. The fourth-order valence-electron chi connectivity index (χ4n) is 1.23. The lowest BCUT2D eigenvalue weighted by molar-refractivity contribution is -0.117. The van der Waals surface area contributed by atoms with Crippen LogP contribution in [0.1, 0.15) is 26.3 Å². The highest BCUT2D eigenvalue weighted by Crippen LogP contribution is 2.23. The first-order chi connectivity index (χ1) is 8.40. The van der Waals surface area contributed by atoms with Gasteiger partial charge in [0.1, 0.15) is 0 Å². The molecule has 1 unspecified atom stereocenters. The molecule has 0 fully saturated rings. The van der Waals surface area contributed by atoms with Gasteiger partial charge in [-0.05, 0) is 36.6 Å². The summed E-state index contributed by atoms with van der Waals surface area (Å²) in [5, 5.41) is 3.88. The molecule has 0 aliphatic carbocycles. The standard InChI is InChI=1S/C14H17Cl2NO/c1-9(2)10(3)17-14(18)7-5-11-4-6-12(15)13(16)8-11/h4-10H,1-3H3,(H,17,18)/b7-5+. The van der Waals surface area contributed by atoms with Gasteiger partial charge in [0.05, 0.1) is 10.0 Å². The second-order valence-electron chi connectivity index (χ2n) is 4.55. The van der Waals surface area contributed by atoms with Crippen LogP contribution in [0, 0.1) is 5.92 Å². The van der Waals surface area contributed by atoms with E-state index in [0.717, 1.165) is 5.56 Å². The summed E-state index contributed by atoms with van der Waals surface area (Å²) in [6.07, 6.45) is 3.21. The van der Waals surface area contributed by atoms with Crippen molar-refractivity contribution in [3.05, 3.63) is 39.9 Å². The van der Waals surface area contributed by atoms with Crippen molar-refractivity contribution in [3.63, 3.8) is 0 Å². The van der Waals surface area contributed by atoms with Crippen molar-refractivity contribution in [3.8, 4) is 0 Å². The molecule has 1 amide bonds. The molecule has 98 valence electrons. The second-order valence-corrected chi connectivity index (χ2v) is 5.36. The Balaban J connectivity index is 2.63. The molecule has 0 saturated carbocycles. The lowest BCUT2D eigenvalue weighted by Gasteiger charge is -2.15. The molecule has 18 heavy (non-hydrogen) atoms. The molecule has 1 rings (SSSR count). The number of nitrogens with one attached hydrogen (secondary N) is 1. The first-order valence-electron chi connectivity index (χ1n) is 5.83. The van der Waals surface area contributed by atoms with E-state index in [-0.39, 0.29) is 11.9 Å². The molecule has 4 heteroatoms. The van der Waals surface area contributed by atoms with Crippen LogP contribution in [-0.4, -0.2) is 11.9 Å². The molecule has 1 atom stereocenters. The van der Waals surface area contributed by atoms with Crippen LogP contribution in [-0.2, 0) is 4.79 Å². The fraction of sp³-hybridized carbons (Fsp3) is 0.357. The molecule has 0 bridgehead atoms. The molecule has 0 aromatic heterocycles. The summed E-state index contributed by atoms with van der Waals surface area (Å²) in [5.41, 5.74) is 0.844. The van der Waals surface area contributed by atoms with Crippen LogP contribution in [0.15, 0.2) is 24.3 Å². The van der Waals surface area contributed by atoms with Crippen LogP contribution in [0.4, 0.5) is 0 Å². The largest absolute Gasteiger partial charge is 0.350 e. The normalized spacial score (nSPS) is 13.0. The van der Waals surface area contributed by atoms with Gasteiger partial charge < -0.3 is 5.32 Å². The lowest BCUT2D eigenvalue weighted by Crippen LogP contribution is -2.34. The number of hydrogen-bond acceptors (Lipinski definition) is 1. The first-order valence-corrected chi connectivity index (χ1v) is 6.59. The van der Waals surface area contributed by atoms with Crippen LogP contribution in [0.2, 0.25) is 10.0 Å². The monoisotopic (exact) mass is 285 g/mol. The van der Waals surface area contributed by atoms with Gasteiger partial charge in [-0.3, -0.25) is 4.79 Å². The molecular formula is C14H17Cl2NO. The summed E-state index contributed by atoms with van der Waals surface area (Å²) in [6.45, 7) is 6.11. The van der Waals surface area contributed by atoms with Crippen molar-refractivity contribution in [1.29, 1.82) is 0 Å². The third-order valence-corrected chi connectivity index (χ3v) is 3.48. The number of hydrogen-bond donors (Lipinski definition) is 1. The van der Waals surface area contributed by atoms with Crippen LogP contribution in [0.3, 0.4) is 0 Å². The SMILES string of the molecule is CC(C)C(C)NC(=O)/C=C/c1ccc(Cl)c(Cl)c1. The van der Waals surface area contributed by atoms with Gasteiger partial charge in [0.2, 0.25) is 5.91 Å². The zero-order chi connectivity index (χ0) is 13.7. The zero-order valence-electron chi connectivity index (χ0n) is 10.7. The van der Waals surface area contributed by atoms with E-state index in [1.165, 1.54) is 6.08 Å². The summed E-state index contributed by atoms with van der Waals surface area (Å²) >= 11 is 11.7. The van der Waals surface area contributed by atoms with Gasteiger partial charge in [-0.2, -0.15) is 0 Å². The van der Waals surface area contributed by atoms with Gasteiger partial charge in [-0.1, -0.05) is 43.1 Å². The maximum atomic E-state index is 11.6. The van der Waals surface area contributed by atoms with Gasteiger partial charge in [0, 0.05) is 12.1 Å². The Morgan fingerprint density at radius 3 is 2.44 bits per heavy atom. The van der Waals surface area contributed by atoms with Crippen LogP contribution in [0.5, 0.6) is 0 Å². The molecule has 0 aliphatic heterocycles. The Hall–Kier alpha value is -0.990. The number of amides is 1. The highest BCUT2D eigenvalue weighted by Gasteiger charge is 2.08. The van der Waals surface area contributed by atoms with Crippen molar-refractivity contribution in [1.82, 2.24) is 5.32 Å². The molecule has 1 aromatic carbocycles. The minimum Gasteiger partial charge on any atom is -0.350 e. The predicted octanol–water partition coefficient (Wildman–Crippen LogP) is 4.17. The summed E-state index contributed by atoms with van der Waals surface area (Å²) in [5.74, 6) is 0.301. The van der Waals surface area contributed by atoms with Gasteiger partial charge in [-0.25, -0.2) is 0 Å². The Labute approximate surface area is 118 Å². The van der Waals surface area contributed by atoms with Crippen molar-refractivity contribution >= 4 is 35.2 Å². The molecule has 0 saturated heterocycles. The third kappa shape index (κ3) is 4.71. The van der Waals surface area contributed by atoms with Crippen molar-refractivity contribution in [2.45, 2.75) is 26.8 Å². The summed E-state index contributed by atoms with van der Waals surface area (Å²) < 4.78 is 0. The average Bonchev–Trinajstić information content (AvgIpc) is 2.30. The number of rotatable bonds is 4. The molecule has 1 N–H and O–H groups in total. The van der Waals surface area contributed by atoms with E-state index in [2.05, 4.69) is 19.2 Å². The van der Waals surface area contributed by atoms with Crippen LogP contribution in [0.25, 0.3) is 6.08 Å². The quantitative estimate of drug-likeness (QED) is 0.827. The first kappa shape index (κ1) is 15.1. The van der Waals surface area contributed by atoms with Gasteiger partial charge in [0.25, 0.3) is 0 Å². The minimum absolute atomic E-state index is 0.109.